The smallest absolute Gasteiger partial charge is 1.00 e. The van der Waals surface area contributed by atoms with Crippen LogP contribution in [-0.2, 0) is 90.2 Å². The molecule has 4 unspecified atom stereocenters. The number of unbranched alkanes of at least 4 members (excludes halogenated alkanes) is 1. The average molecular weight is 1940 g/mol. The minimum Gasteiger partial charge on any atom is -1.00 e. The largest absolute Gasteiger partial charge is 1.00 e. The molecule has 4 amide bonds. The molecule has 4 atom stereocenters. The minimum atomic E-state index is -1.20. The number of ketones is 1. The normalized spacial score (nSPS) is 16.4. The number of ether oxygens (including phenoxy) is 13. The van der Waals surface area contributed by atoms with E-state index in [9.17, 15) is 69.9 Å². The van der Waals surface area contributed by atoms with Gasteiger partial charge in [-0.1, -0.05) is 19.2 Å². The molecule has 2 aromatic heterocycles. The number of nitrogens with zero attached hydrogens (tertiary/aromatic N) is 5. The van der Waals surface area contributed by atoms with Gasteiger partial charge < -0.3 is 102 Å². The summed E-state index contributed by atoms with van der Waals surface area (Å²) in [4.78, 5) is 136. The summed E-state index contributed by atoms with van der Waals surface area (Å²) in [6, 6.07) is 2.99. The Morgan fingerprint density at radius 3 is 1.51 bits per heavy atom. The van der Waals surface area contributed by atoms with Gasteiger partial charge in [0, 0.05) is 121 Å². The number of rotatable bonds is 14. The van der Waals surface area contributed by atoms with Crippen LogP contribution in [0.1, 0.15) is 224 Å². The van der Waals surface area contributed by atoms with Crippen molar-refractivity contribution in [2.75, 3.05) is 159 Å². The number of aliphatic hydroxyl groups is 1. The number of hydrogen-bond donors (Lipinski definition) is 4. The number of benzene rings is 1. The van der Waals surface area contributed by atoms with Crippen molar-refractivity contribution >= 4 is 99.0 Å². The first kappa shape index (κ1) is 124. The van der Waals surface area contributed by atoms with Crippen LogP contribution in [-0.4, -0.2) is 289 Å². The van der Waals surface area contributed by atoms with Crippen LogP contribution in [0.15, 0.2) is 69.0 Å². The van der Waals surface area contributed by atoms with E-state index in [1.807, 2.05) is 104 Å². The van der Waals surface area contributed by atoms with Crippen LogP contribution in [0.3, 0.4) is 0 Å². The zero-order valence-corrected chi connectivity index (χ0v) is 85.4. The van der Waals surface area contributed by atoms with Gasteiger partial charge in [-0.15, -0.1) is 23.2 Å². The molecule has 43 heteroatoms. The number of carbonyl (C=O) groups excluding carboxylic acids is 9. The van der Waals surface area contributed by atoms with Gasteiger partial charge in [0.25, 0.3) is 11.7 Å². The summed E-state index contributed by atoms with van der Waals surface area (Å²) in [5.41, 5.74) is 3.56. The number of nitrogens with one attached hydrogen (secondary N) is 1. The maximum atomic E-state index is 12.7. The molecule has 5 aliphatic heterocycles. The van der Waals surface area contributed by atoms with Gasteiger partial charge in [-0.3, -0.25) is 29.1 Å². The third-order valence-electron chi connectivity index (χ3n) is 16.5. The summed E-state index contributed by atoms with van der Waals surface area (Å²) in [5.74, 6) is -4.21. The molecule has 5 aliphatic rings. The number of Topliss-reactive ketones (excluding diaryl/α,β-unsaturated/α-hetero) is 1. The molecule has 4 fully saturated rings. The van der Waals surface area contributed by atoms with E-state index in [0.29, 0.717) is 129 Å². The predicted molar refractivity (Wildman–Crippen MR) is 487 cm³/mol. The van der Waals surface area contributed by atoms with Gasteiger partial charge in [-0.05, 0) is 180 Å². The number of amides is 4. The fourth-order valence-electron chi connectivity index (χ4n) is 10.3. The minimum absolute atomic E-state index is 0. The summed E-state index contributed by atoms with van der Waals surface area (Å²) in [5, 5.41) is 13.5. The molecular weight excluding hydrogens is 1800 g/mol. The molecule has 0 spiro atoms. The molecule has 7 heterocycles. The Hall–Kier alpha value is -7.55. The first-order valence-electron chi connectivity index (χ1n) is 41.4. The first-order valence-corrected chi connectivity index (χ1v) is 44.9. The number of fused-ring (bicyclic) bond motifs is 4. The summed E-state index contributed by atoms with van der Waals surface area (Å²) >= 11 is 10.5. The van der Waals surface area contributed by atoms with E-state index in [-0.39, 0.29) is 131 Å². The molecule has 0 radical (unpaired) electrons. The van der Waals surface area contributed by atoms with E-state index in [1.54, 1.807) is 40.0 Å². The van der Waals surface area contributed by atoms with E-state index < -0.39 is 102 Å². The van der Waals surface area contributed by atoms with Gasteiger partial charge in [-0.2, -0.15) is 0 Å². The number of carbonyl (C=O) groups is 9. The second-order valence-corrected chi connectivity index (χ2v) is 39.3. The van der Waals surface area contributed by atoms with E-state index >= 15 is 0 Å². The van der Waals surface area contributed by atoms with Crippen LogP contribution in [0.5, 0.6) is 11.5 Å². The molecule has 0 aliphatic carbocycles. The van der Waals surface area contributed by atoms with Gasteiger partial charge >= 0.3 is 71.7 Å². The molecular formula is C87H141Cl2F2N8NaO28S2. The SMILES string of the molecule is C=C(CCl)CCl.C=C1COCCCN(C(=O)OC(C)(C)C)C1.CC(C)(C)OC(=O)CCCCO.CC(C)(C)OC(=O)N1CCCOCC(=O)C1.CC(C)(C)OC(=O)N1CCCOCC(NS(=O)C(C)(C)C)C1.CC(C)(C)S(N)=O.COC(=O)c1cn2c(c(OC)c1=O)C(=O)N1CCCOCC2C1.COC(=O)c1occ(C(=O)OC)c(=O)c1OC.NCc1ccc(F)cc1F.[H-].[Na+]. The van der Waals surface area contributed by atoms with Crippen molar-refractivity contribution in [3.05, 3.63) is 115 Å². The fraction of sp³-hybridized carbons (Fsp3) is 0.667. The quantitative estimate of drug-likeness (QED) is 0.0295. The topological polar surface area (TPSA) is 457 Å². The van der Waals surface area contributed by atoms with Crippen molar-refractivity contribution in [2.45, 2.75) is 220 Å². The third kappa shape index (κ3) is 51.1. The predicted octanol–water partition coefficient (Wildman–Crippen LogP) is 8.22. The average Bonchev–Trinajstić information content (AvgIpc) is 0.747. The molecule has 4 saturated heterocycles. The summed E-state index contributed by atoms with van der Waals surface area (Å²) < 4.78 is 122. The fourth-order valence-corrected chi connectivity index (χ4v) is 11.4. The summed E-state index contributed by atoms with van der Waals surface area (Å²) in [6.07, 6.45) is 6.02. The van der Waals surface area contributed by atoms with Crippen molar-refractivity contribution in [3.8, 4) is 11.5 Å². The Balaban J connectivity index is -0.00000144. The number of nitrogens with two attached hydrogens (primary N) is 2. The van der Waals surface area contributed by atoms with Crippen molar-refractivity contribution in [1.82, 2.24) is 28.9 Å². The zero-order valence-electron chi connectivity index (χ0n) is 81.2. The molecule has 6 N–H and O–H groups in total. The van der Waals surface area contributed by atoms with Gasteiger partial charge in [0.1, 0.15) is 58.0 Å². The van der Waals surface area contributed by atoms with Crippen LogP contribution in [0.25, 0.3) is 0 Å². The summed E-state index contributed by atoms with van der Waals surface area (Å²) in [7, 11) is 3.52. The Labute approximate surface area is 802 Å². The van der Waals surface area contributed by atoms with E-state index in [0.717, 1.165) is 63.4 Å². The van der Waals surface area contributed by atoms with E-state index in [2.05, 4.69) is 32.1 Å². The maximum absolute atomic E-state index is 12.7. The van der Waals surface area contributed by atoms with Gasteiger partial charge in [-0.25, -0.2) is 50.7 Å². The number of hydrogen-bond acceptors (Lipinski definition) is 29. The Kier molecular flexibility index (Phi) is 59.5. The van der Waals surface area contributed by atoms with Crippen molar-refractivity contribution in [2.24, 2.45) is 10.9 Å². The molecule has 8 rings (SSSR count). The molecule has 1 aromatic carbocycles. The number of aliphatic hydroxyl groups excluding tert-OH is 1. The Morgan fingerprint density at radius 2 is 1.06 bits per heavy atom. The third-order valence-corrected chi connectivity index (χ3v) is 20.2. The van der Waals surface area contributed by atoms with Gasteiger partial charge in [0.15, 0.2) is 17.2 Å². The number of esters is 4. The number of aromatic nitrogens is 1. The Morgan fingerprint density at radius 1 is 0.608 bits per heavy atom. The number of methoxy groups -OCH3 is 5. The van der Waals surface area contributed by atoms with Crippen LogP contribution < -0.4 is 65.5 Å². The second-order valence-electron chi connectivity index (χ2n) is 34.9. The van der Waals surface area contributed by atoms with Gasteiger partial charge in [0.2, 0.25) is 16.6 Å². The summed E-state index contributed by atoms with van der Waals surface area (Å²) in [6.45, 7) is 48.5. The first-order chi connectivity index (χ1) is 59.8. The van der Waals surface area contributed by atoms with Crippen LogP contribution in [0.2, 0.25) is 0 Å². The molecule has 36 nitrogen and oxygen atoms in total. The standard InChI is InChI=1S/C15H18N2O6.C15H30N2O4S.C12H21NO3.C11H19NO4.C10H10O7.C9H18O3.C7H7F2N.C4H6Cl2.C4H11NOS.Na.H/c1-21-13-11-14(19)16-4-3-5-23-8-9(6-16)17(11)7-10(12(13)18)15(20)22-2;1-14(2,3)21-13(18)17-8-7-9-20-11-12(10-17)16-22(19)15(4,5)6;1-10-8-13(6-5-7-15-9-10)11(14)16-12(2,3)4;1-11(2,3)16-10(14)12-5-4-6-15-8-9(13)7-12;1-14-7-6(11)5(9(12)15-2)4-17-8(7)10(13)16-3;1-9(2,3)12-8(11)6-4-5-7-10;8-6-2-1-5(4-10)7(9)3-6;1-4(2-5)3-6;1-4(2,3)7(5)6;;/h7,9H,3-6,8H2,1-2H3;12,16H,7-11H2,1-6H3;1,5-9H2,2-4H3;4-8H2,1-3H3;4H,1-3H3;10H,4-7H2,1-3H3;1-3H,4,10H2;1-3H2;5H2,1-3H3;;/q;;;;;;;;;+1;-1. The number of alkyl halides is 2. The molecule has 3 aromatic rings. The van der Waals surface area contributed by atoms with Gasteiger partial charge in [0.05, 0.1) is 105 Å². The Bertz CT molecular complexity index is 4200. The maximum Gasteiger partial charge on any atom is 1.00 e. The van der Waals surface area contributed by atoms with Crippen LogP contribution >= 0.6 is 23.2 Å². The van der Waals surface area contributed by atoms with E-state index in [4.69, 9.17) is 91.0 Å². The van der Waals surface area contributed by atoms with Crippen molar-refractivity contribution in [1.29, 1.82) is 0 Å². The van der Waals surface area contributed by atoms with Crippen molar-refractivity contribution < 1.29 is 162 Å². The van der Waals surface area contributed by atoms with Crippen LogP contribution in [0, 0.1) is 11.6 Å². The van der Waals surface area contributed by atoms with Crippen molar-refractivity contribution in [3.63, 3.8) is 0 Å². The molecule has 2 bridgehead atoms. The van der Waals surface area contributed by atoms with Crippen LogP contribution in [0.4, 0.5) is 23.2 Å². The number of pyridine rings is 1. The zero-order chi connectivity index (χ0) is 99.1. The molecule has 0 saturated carbocycles. The molecule has 130 heavy (non-hydrogen) atoms. The monoisotopic (exact) mass is 1940 g/mol. The number of halogens is 4. The second kappa shape index (κ2) is 62.1. The molecule has 738 valence electrons. The number of allylic oxidation sites excluding steroid dienone is 1. The van der Waals surface area contributed by atoms with E-state index in [1.165, 1.54) is 44.6 Å².